The van der Waals surface area contributed by atoms with E-state index in [1.54, 1.807) is 4.31 Å². The molecule has 0 aromatic carbocycles. The van der Waals surface area contributed by atoms with E-state index in [0.29, 0.717) is 25.0 Å². The Balaban J connectivity index is 1.63. The van der Waals surface area contributed by atoms with Gasteiger partial charge >= 0.3 is 0 Å². The second kappa shape index (κ2) is 5.98. The SMILES string of the molecule is C[C@@H]1CN(S(C)(=O)=O)CC[C@@H]1NCc1cnn2ccccc12. The van der Waals surface area contributed by atoms with Gasteiger partial charge in [-0.3, -0.25) is 0 Å². The van der Waals surface area contributed by atoms with Gasteiger partial charge in [-0.1, -0.05) is 13.0 Å². The van der Waals surface area contributed by atoms with Crippen molar-refractivity contribution in [2.45, 2.75) is 25.9 Å². The van der Waals surface area contributed by atoms with Gasteiger partial charge in [0.05, 0.1) is 18.0 Å². The molecule has 1 N–H and O–H groups in total. The Bertz CT molecular complexity index is 756. The zero-order chi connectivity index (χ0) is 15.7. The van der Waals surface area contributed by atoms with Crippen molar-refractivity contribution in [1.29, 1.82) is 0 Å². The summed E-state index contributed by atoms with van der Waals surface area (Å²) in [5.41, 5.74) is 2.27. The van der Waals surface area contributed by atoms with Crippen LogP contribution in [0.1, 0.15) is 18.9 Å². The lowest BCUT2D eigenvalue weighted by molar-refractivity contribution is 0.220. The maximum Gasteiger partial charge on any atom is 0.211 e. The molecule has 1 aliphatic heterocycles. The Hall–Kier alpha value is -1.44. The number of sulfonamides is 1. The van der Waals surface area contributed by atoms with Crippen LogP contribution in [0.5, 0.6) is 0 Å². The highest BCUT2D eigenvalue weighted by Gasteiger charge is 2.30. The highest BCUT2D eigenvalue weighted by atomic mass is 32.2. The molecule has 6 nitrogen and oxygen atoms in total. The minimum absolute atomic E-state index is 0.297. The van der Waals surface area contributed by atoms with E-state index in [-0.39, 0.29) is 0 Å². The van der Waals surface area contributed by atoms with Crippen molar-refractivity contribution in [2.75, 3.05) is 19.3 Å². The molecule has 7 heteroatoms. The quantitative estimate of drug-likeness (QED) is 0.915. The van der Waals surface area contributed by atoms with Crippen molar-refractivity contribution in [2.24, 2.45) is 5.92 Å². The van der Waals surface area contributed by atoms with Crippen LogP contribution in [0, 0.1) is 5.92 Å². The van der Waals surface area contributed by atoms with Gasteiger partial charge in [0.1, 0.15) is 0 Å². The average molecular weight is 322 g/mol. The molecule has 1 aliphatic rings. The molecule has 0 aliphatic carbocycles. The van der Waals surface area contributed by atoms with Gasteiger partial charge in [-0.05, 0) is 24.5 Å². The molecule has 2 aromatic rings. The van der Waals surface area contributed by atoms with E-state index in [1.807, 2.05) is 29.0 Å². The van der Waals surface area contributed by atoms with E-state index < -0.39 is 10.0 Å². The van der Waals surface area contributed by atoms with E-state index in [4.69, 9.17) is 0 Å². The number of pyridine rings is 1. The minimum atomic E-state index is -3.08. The molecular weight excluding hydrogens is 300 g/mol. The highest BCUT2D eigenvalue weighted by Crippen LogP contribution is 2.20. The summed E-state index contributed by atoms with van der Waals surface area (Å²) in [5, 5.41) is 7.90. The first kappa shape index (κ1) is 15.5. The monoisotopic (exact) mass is 322 g/mol. The predicted molar refractivity (Wildman–Crippen MR) is 86.0 cm³/mol. The van der Waals surface area contributed by atoms with Gasteiger partial charge in [-0.15, -0.1) is 0 Å². The molecule has 120 valence electrons. The third-order valence-corrected chi connectivity index (χ3v) is 5.67. The molecule has 2 aromatic heterocycles. The van der Waals surface area contributed by atoms with Gasteiger partial charge in [0.2, 0.25) is 10.0 Å². The predicted octanol–water partition coefficient (Wildman–Crippen LogP) is 1.09. The van der Waals surface area contributed by atoms with Crippen LogP contribution in [0.15, 0.2) is 30.6 Å². The highest BCUT2D eigenvalue weighted by molar-refractivity contribution is 7.88. The van der Waals surface area contributed by atoms with Crippen molar-refractivity contribution in [3.8, 4) is 0 Å². The van der Waals surface area contributed by atoms with Crippen molar-refractivity contribution >= 4 is 15.5 Å². The molecule has 0 amide bonds. The van der Waals surface area contributed by atoms with Gasteiger partial charge < -0.3 is 5.32 Å². The molecule has 0 radical (unpaired) electrons. The van der Waals surface area contributed by atoms with Crippen LogP contribution in [0.4, 0.5) is 0 Å². The summed E-state index contributed by atoms with van der Waals surface area (Å²) in [6.07, 6.45) is 5.95. The zero-order valence-electron chi connectivity index (χ0n) is 12.9. The molecule has 1 saturated heterocycles. The third-order valence-electron chi connectivity index (χ3n) is 4.40. The number of nitrogens with zero attached hydrogens (tertiary/aromatic N) is 3. The smallest absolute Gasteiger partial charge is 0.211 e. The molecule has 22 heavy (non-hydrogen) atoms. The van der Waals surface area contributed by atoms with Crippen LogP contribution in [-0.2, 0) is 16.6 Å². The Morgan fingerprint density at radius 2 is 2.23 bits per heavy atom. The number of rotatable bonds is 4. The topological polar surface area (TPSA) is 66.7 Å². The fourth-order valence-electron chi connectivity index (χ4n) is 3.08. The first-order valence-corrected chi connectivity index (χ1v) is 9.40. The van der Waals surface area contributed by atoms with Gasteiger partial charge in [-0.25, -0.2) is 17.2 Å². The van der Waals surface area contributed by atoms with Crippen LogP contribution in [0.3, 0.4) is 0 Å². The van der Waals surface area contributed by atoms with Crippen LogP contribution in [0.2, 0.25) is 0 Å². The van der Waals surface area contributed by atoms with Crippen LogP contribution in [0.25, 0.3) is 5.52 Å². The van der Waals surface area contributed by atoms with E-state index in [0.717, 1.165) is 18.5 Å². The molecule has 0 bridgehead atoms. The maximum atomic E-state index is 11.6. The van der Waals surface area contributed by atoms with Gasteiger partial charge in [0.25, 0.3) is 0 Å². The maximum absolute atomic E-state index is 11.6. The third kappa shape index (κ3) is 3.16. The van der Waals surface area contributed by atoms with Crippen molar-refractivity contribution < 1.29 is 8.42 Å². The van der Waals surface area contributed by atoms with Crippen molar-refractivity contribution in [3.05, 3.63) is 36.2 Å². The van der Waals surface area contributed by atoms with Gasteiger partial charge in [0.15, 0.2) is 0 Å². The van der Waals surface area contributed by atoms with Crippen LogP contribution >= 0.6 is 0 Å². The average Bonchev–Trinajstić information content (AvgIpc) is 2.88. The van der Waals surface area contributed by atoms with Crippen molar-refractivity contribution in [3.63, 3.8) is 0 Å². The lowest BCUT2D eigenvalue weighted by Gasteiger charge is -2.36. The van der Waals surface area contributed by atoms with Crippen LogP contribution < -0.4 is 5.32 Å². The fraction of sp³-hybridized carbons (Fsp3) is 0.533. The second-order valence-corrected chi connectivity index (χ2v) is 8.06. The van der Waals surface area contributed by atoms with E-state index in [9.17, 15) is 8.42 Å². The summed E-state index contributed by atoms with van der Waals surface area (Å²) in [7, 11) is -3.08. The fourth-order valence-corrected chi connectivity index (χ4v) is 4.02. The normalized spacial score (nSPS) is 23.9. The molecule has 0 spiro atoms. The van der Waals surface area contributed by atoms with E-state index in [2.05, 4.69) is 23.4 Å². The molecule has 3 rings (SSSR count). The first-order chi connectivity index (χ1) is 10.4. The number of aromatic nitrogens is 2. The lowest BCUT2D eigenvalue weighted by atomic mass is 9.95. The summed E-state index contributed by atoms with van der Waals surface area (Å²) < 4.78 is 26.7. The van der Waals surface area contributed by atoms with E-state index >= 15 is 0 Å². The molecule has 0 unspecified atom stereocenters. The number of hydrogen-bond donors (Lipinski definition) is 1. The molecular formula is C15H22N4O2S. The largest absolute Gasteiger partial charge is 0.309 e. The minimum Gasteiger partial charge on any atom is -0.309 e. The molecule has 3 heterocycles. The molecule has 0 saturated carbocycles. The summed E-state index contributed by atoms with van der Waals surface area (Å²) in [6.45, 7) is 4.04. The zero-order valence-corrected chi connectivity index (χ0v) is 13.8. The van der Waals surface area contributed by atoms with Crippen molar-refractivity contribution in [1.82, 2.24) is 19.2 Å². The number of hydrogen-bond acceptors (Lipinski definition) is 4. The molecule has 1 fully saturated rings. The van der Waals surface area contributed by atoms with Gasteiger partial charge in [0, 0.05) is 37.4 Å². The summed E-state index contributed by atoms with van der Waals surface area (Å²) in [6, 6.07) is 6.35. The first-order valence-electron chi connectivity index (χ1n) is 7.55. The van der Waals surface area contributed by atoms with Gasteiger partial charge in [-0.2, -0.15) is 5.10 Å². The second-order valence-electron chi connectivity index (χ2n) is 6.07. The Morgan fingerprint density at radius 3 is 2.95 bits per heavy atom. The van der Waals surface area contributed by atoms with E-state index in [1.165, 1.54) is 11.8 Å². The van der Waals surface area contributed by atoms with Crippen LogP contribution in [-0.4, -0.2) is 47.7 Å². The Morgan fingerprint density at radius 1 is 1.41 bits per heavy atom. The molecule has 2 atom stereocenters. The Kier molecular flexibility index (Phi) is 4.20. The summed E-state index contributed by atoms with van der Waals surface area (Å²) in [4.78, 5) is 0. The summed E-state index contributed by atoms with van der Waals surface area (Å²) >= 11 is 0. The summed E-state index contributed by atoms with van der Waals surface area (Å²) in [5.74, 6) is 0.297. The standard InChI is InChI=1S/C15H22N4O2S/c1-12-11-18(22(2,20)21)8-6-14(12)16-9-13-10-17-19-7-4-3-5-15(13)19/h3-5,7,10,12,14,16H,6,8-9,11H2,1-2H3/t12-,14+/m1/s1. The number of nitrogens with one attached hydrogen (secondary N) is 1. The lowest BCUT2D eigenvalue weighted by Crippen LogP contribution is -2.49. The Labute approximate surface area is 131 Å². The number of fused-ring (bicyclic) bond motifs is 1. The number of piperidine rings is 1.